The van der Waals surface area contributed by atoms with Crippen LogP contribution in [0.3, 0.4) is 0 Å². The zero-order valence-corrected chi connectivity index (χ0v) is 11.5. The molecule has 0 saturated heterocycles. The van der Waals surface area contributed by atoms with Crippen molar-refractivity contribution in [3.8, 4) is 16.9 Å². The van der Waals surface area contributed by atoms with E-state index in [1.54, 1.807) is 0 Å². The van der Waals surface area contributed by atoms with Gasteiger partial charge >= 0.3 is 0 Å². The lowest BCUT2D eigenvalue weighted by Crippen LogP contribution is -2.07. The molecule has 3 aromatic rings. The van der Waals surface area contributed by atoms with Crippen molar-refractivity contribution < 1.29 is 4.79 Å². The van der Waals surface area contributed by atoms with E-state index >= 15 is 0 Å². The number of benzene rings is 2. The molecule has 0 fully saturated rings. The highest BCUT2D eigenvalue weighted by Gasteiger charge is 2.14. The van der Waals surface area contributed by atoms with Gasteiger partial charge in [-0.25, -0.2) is 0 Å². The number of nitrogens with one attached hydrogen (secondary N) is 1. The van der Waals surface area contributed by atoms with E-state index in [-0.39, 0.29) is 5.91 Å². The molecular weight excluding hydrogens is 264 g/mol. The standard InChI is InChI=1S/C16H14N4O/c1-12(21)17-16-15(13-8-4-2-5-9-13)18-20(19-16)14-10-6-3-7-11-14/h2-11H,1H3,(H,17,19,21). The van der Waals surface area contributed by atoms with E-state index in [1.807, 2.05) is 60.7 Å². The Morgan fingerprint density at radius 2 is 1.57 bits per heavy atom. The maximum Gasteiger partial charge on any atom is 0.222 e. The average Bonchev–Trinajstić information content (AvgIpc) is 2.92. The molecule has 5 nitrogen and oxygen atoms in total. The van der Waals surface area contributed by atoms with E-state index in [2.05, 4.69) is 15.5 Å². The van der Waals surface area contributed by atoms with Crippen LogP contribution in [0.25, 0.3) is 16.9 Å². The summed E-state index contributed by atoms with van der Waals surface area (Å²) in [6, 6.07) is 19.2. The van der Waals surface area contributed by atoms with Gasteiger partial charge in [-0.2, -0.15) is 0 Å². The van der Waals surface area contributed by atoms with Gasteiger partial charge in [0, 0.05) is 12.5 Å². The maximum atomic E-state index is 11.4. The molecule has 21 heavy (non-hydrogen) atoms. The molecule has 2 aromatic carbocycles. The van der Waals surface area contributed by atoms with Crippen LogP contribution in [-0.2, 0) is 4.79 Å². The van der Waals surface area contributed by atoms with Gasteiger partial charge in [0.2, 0.25) is 5.91 Å². The number of hydrogen-bond donors (Lipinski definition) is 1. The monoisotopic (exact) mass is 278 g/mol. The first-order valence-corrected chi connectivity index (χ1v) is 6.60. The zero-order chi connectivity index (χ0) is 14.7. The van der Waals surface area contributed by atoms with Crippen LogP contribution in [0.2, 0.25) is 0 Å². The van der Waals surface area contributed by atoms with E-state index in [0.29, 0.717) is 11.5 Å². The van der Waals surface area contributed by atoms with Crippen molar-refractivity contribution in [2.75, 3.05) is 5.32 Å². The summed E-state index contributed by atoms with van der Waals surface area (Å²) >= 11 is 0. The normalized spacial score (nSPS) is 10.3. The fourth-order valence-electron chi connectivity index (χ4n) is 2.02. The van der Waals surface area contributed by atoms with Gasteiger partial charge in [-0.3, -0.25) is 4.79 Å². The first-order chi connectivity index (χ1) is 10.2. The van der Waals surface area contributed by atoms with Crippen molar-refractivity contribution in [3.63, 3.8) is 0 Å². The van der Waals surface area contributed by atoms with E-state index in [9.17, 15) is 4.79 Å². The highest BCUT2D eigenvalue weighted by atomic mass is 16.1. The summed E-state index contributed by atoms with van der Waals surface area (Å²) in [5, 5.41) is 11.6. The molecule has 1 heterocycles. The van der Waals surface area contributed by atoms with Crippen molar-refractivity contribution in [2.24, 2.45) is 0 Å². The lowest BCUT2D eigenvalue weighted by molar-refractivity contribution is -0.114. The molecule has 0 unspecified atom stereocenters. The highest BCUT2D eigenvalue weighted by Crippen LogP contribution is 2.25. The summed E-state index contributed by atoms with van der Waals surface area (Å²) in [6.45, 7) is 1.45. The first-order valence-electron chi connectivity index (χ1n) is 6.60. The third-order valence-electron chi connectivity index (χ3n) is 2.94. The van der Waals surface area contributed by atoms with E-state index < -0.39 is 0 Å². The Labute approximate surface area is 122 Å². The Hall–Kier alpha value is -2.95. The lowest BCUT2D eigenvalue weighted by atomic mass is 10.1. The van der Waals surface area contributed by atoms with Crippen molar-refractivity contribution in [3.05, 3.63) is 60.7 Å². The van der Waals surface area contributed by atoms with Gasteiger partial charge in [-0.1, -0.05) is 48.5 Å². The third-order valence-corrected chi connectivity index (χ3v) is 2.94. The molecule has 1 amide bonds. The average molecular weight is 278 g/mol. The molecule has 5 heteroatoms. The Bertz CT molecular complexity index is 750. The fraction of sp³-hybridized carbons (Fsp3) is 0.0625. The molecule has 0 saturated carbocycles. The second-order valence-corrected chi connectivity index (χ2v) is 4.57. The van der Waals surface area contributed by atoms with Gasteiger partial charge in [-0.15, -0.1) is 15.0 Å². The molecular formula is C16H14N4O. The number of carbonyl (C=O) groups excluding carboxylic acids is 1. The Morgan fingerprint density at radius 1 is 0.952 bits per heavy atom. The van der Waals surface area contributed by atoms with Crippen LogP contribution < -0.4 is 5.32 Å². The third kappa shape index (κ3) is 2.81. The highest BCUT2D eigenvalue weighted by molar-refractivity contribution is 5.91. The van der Waals surface area contributed by atoms with Gasteiger partial charge in [0.1, 0.15) is 5.69 Å². The summed E-state index contributed by atoms with van der Waals surface area (Å²) < 4.78 is 0. The lowest BCUT2D eigenvalue weighted by Gasteiger charge is -1.99. The number of aromatic nitrogens is 3. The molecule has 0 spiro atoms. The summed E-state index contributed by atoms with van der Waals surface area (Å²) in [5.74, 6) is 0.282. The molecule has 0 atom stereocenters. The van der Waals surface area contributed by atoms with Crippen LogP contribution >= 0.6 is 0 Å². The van der Waals surface area contributed by atoms with Crippen LogP contribution in [0.1, 0.15) is 6.92 Å². The van der Waals surface area contributed by atoms with Crippen molar-refractivity contribution in [1.29, 1.82) is 0 Å². The van der Waals surface area contributed by atoms with Gasteiger partial charge in [0.05, 0.1) is 5.69 Å². The van der Waals surface area contributed by atoms with E-state index in [1.165, 1.54) is 11.7 Å². The minimum atomic E-state index is -0.174. The van der Waals surface area contributed by atoms with Gasteiger partial charge in [-0.05, 0) is 12.1 Å². The molecule has 1 N–H and O–H groups in total. The Kier molecular flexibility index (Phi) is 3.47. The van der Waals surface area contributed by atoms with Crippen molar-refractivity contribution in [2.45, 2.75) is 6.92 Å². The molecule has 0 aliphatic rings. The van der Waals surface area contributed by atoms with E-state index in [0.717, 1.165) is 11.3 Å². The van der Waals surface area contributed by atoms with Crippen LogP contribution in [-0.4, -0.2) is 20.9 Å². The predicted octanol–water partition coefficient (Wildman–Crippen LogP) is 2.89. The molecule has 0 bridgehead atoms. The summed E-state index contributed by atoms with van der Waals surface area (Å²) in [6.07, 6.45) is 0. The number of para-hydroxylation sites is 1. The molecule has 0 aliphatic heterocycles. The van der Waals surface area contributed by atoms with Crippen LogP contribution in [0.5, 0.6) is 0 Å². The number of amides is 1. The first kappa shape index (κ1) is 13.1. The summed E-state index contributed by atoms with van der Waals surface area (Å²) in [7, 11) is 0. The number of hydrogen-bond acceptors (Lipinski definition) is 3. The SMILES string of the molecule is CC(=O)Nc1nn(-c2ccccc2)nc1-c1ccccc1. The Balaban J connectivity index is 2.10. The maximum absolute atomic E-state index is 11.4. The minimum absolute atomic E-state index is 0.174. The van der Waals surface area contributed by atoms with Crippen LogP contribution in [0, 0.1) is 0 Å². The van der Waals surface area contributed by atoms with Gasteiger partial charge < -0.3 is 5.32 Å². The second kappa shape index (κ2) is 5.58. The molecule has 0 radical (unpaired) electrons. The molecule has 104 valence electrons. The van der Waals surface area contributed by atoms with Crippen molar-refractivity contribution in [1.82, 2.24) is 15.0 Å². The second-order valence-electron chi connectivity index (χ2n) is 4.57. The fourth-order valence-corrected chi connectivity index (χ4v) is 2.02. The van der Waals surface area contributed by atoms with Crippen LogP contribution in [0.4, 0.5) is 5.82 Å². The number of carbonyl (C=O) groups is 1. The summed E-state index contributed by atoms with van der Waals surface area (Å²) in [4.78, 5) is 12.9. The molecule has 3 rings (SSSR count). The largest absolute Gasteiger partial charge is 0.308 e. The zero-order valence-electron chi connectivity index (χ0n) is 11.5. The number of rotatable bonds is 3. The topological polar surface area (TPSA) is 59.8 Å². The van der Waals surface area contributed by atoms with Crippen molar-refractivity contribution >= 4 is 11.7 Å². The van der Waals surface area contributed by atoms with E-state index in [4.69, 9.17) is 0 Å². The molecule has 0 aliphatic carbocycles. The summed E-state index contributed by atoms with van der Waals surface area (Å²) in [5.41, 5.74) is 2.39. The number of anilines is 1. The predicted molar refractivity (Wildman–Crippen MR) is 81.1 cm³/mol. The van der Waals surface area contributed by atoms with Gasteiger partial charge in [0.15, 0.2) is 5.82 Å². The minimum Gasteiger partial charge on any atom is -0.308 e. The smallest absolute Gasteiger partial charge is 0.222 e. The number of nitrogens with zero attached hydrogens (tertiary/aromatic N) is 3. The Morgan fingerprint density at radius 3 is 2.19 bits per heavy atom. The quantitative estimate of drug-likeness (QED) is 0.801. The van der Waals surface area contributed by atoms with Gasteiger partial charge in [0.25, 0.3) is 0 Å². The van der Waals surface area contributed by atoms with Crippen LogP contribution in [0.15, 0.2) is 60.7 Å². The molecule has 1 aromatic heterocycles.